The van der Waals surface area contributed by atoms with Gasteiger partial charge in [0.1, 0.15) is 17.5 Å². The van der Waals surface area contributed by atoms with E-state index in [1.54, 1.807) is 28.0 Å². The van der Waals surface area contributed by atoms with E-state index in [4.69, 9.17) is 16.3 Å². The third kappa shape index (κ3) is 6.11. The number of aromatic nitrogens is 2. The SMILES string of the molecule is COC(=O)N1CCN(C(=O)[C@@H]2CN(c3ccc(=O)n(C)n3)C[C@H]2c2ccc(F)cc2F)CCC[C@@H]1c1ccc(Cl)cc1. The van der Waals surface area contributed by atoms with Crippen LogP contribution < -0.4 is 10.5 Å². The number of carbonyl (C=O) groups excluding carboxylic acids is 2. The van der Waals surface area contributed by atoms with E-state index in [0.29, 0.717) is 30.2 Å². The van der Waals surface area contributed by atoms with Crippen molar-refractivity contribution in [3.05, 3.63) is 92.7 Å². The summed E-state index contributed by atoms with van der Waals surface area (Å²) in [5.41, 5.74) is 0.889. The average molecular weight is 600 g/mol. The van der Waals surface area contributed by atoms with Crippen LogP contribution in [0, 0.1) is 17.6 Å². The summed E-state index contributed by atoms with van der Waals surface area (Å²) in [4.78, 5) is 44.1. The molecule has 5 rings (SSSR count). The molecule has 42 heavy (non-hydrogen) atoms. The Hall–Kier alpha value is -3.99. The molecule has 3 aromatic rings. The van der Waals surface area contributed by atoms with Crippen LogP contribution in [0.4, 0.5) is 19.4 Å². The molecule has 1 aromatic heterocycles. The fraction of sp³-hybridized carbons (Fsp3) is 0.400. The van der Waals surface area contributed by atoms with Crippen molar-refractivity contribution in [1.29, 1.82) is 0 Å². The van der Waals surface area contributed by atoms with Crippen LogP contribution in [0.2, 0.25) is 5.02 Å². The molecule has 0 radical (unpaired) electrons. The summed E-state index contributed by atoms with van der Waals surface area (Å²) in [5.74, 6) is -2.37. The van der Waals surface area contributed by atoms with Gasteiger partial charge in [-0.25, -0.2) is 18.3 Å². The number of aryl methyl sites for hydroxylation is 1. The molecule has 2 aromatic carbocycles. The van der Waals surface area contributed by atoms with Crippen molar-refractivity contribution < 1.29 is 23.1 Å². The highest BCUT2D eigenvalue weighted by molar-refractivity contribution is 6.30. The number of rotatable bonds is 4. The molecule has 12 heteroatoms. The lowest BCUT2D eigenvalue weighted by atomic mass is 9.87. The molecular weight excluding hydrogens is 568 g/mol. The predicted octanol–water partition coefficient (Wildman–Crippen LogP) is 4.36. The number of carbonyl (C=O) groups is 2. The Morgan fingerprint density at radius 2 is 1.76 bits per heavy atom. The van der Waals surface area contributed by atoms with Crippen LogP contribution in [0.5, 0.6) is 0 Å². The highest BCUT2D eigenvalue weighted by Crippen LogP contribution is 2.38. The molecule has 0 saturated carbocycles. The van der Waals surface area contributed by atoms with E-state index in [1.807, 2.05) is 17.0 Å². The fourth-order valence-electron chi connectivity index (χ4n) is 5.97. The van der Waals surface area contributed by atoms with Gasteiger partial charge in [0, 0.05) is 62.8 Å². The molecule has 0 spiro atoms. The smallest absolute Gasteiger partial charge is 0.410 e. The monoisotopic (exact) mass is 599 g/mol. The molecular formula is C30H32ClF2N5O4. The normalized spacial score (nSPS) is 21.2. The quantitative estimate of drug-likeness (QED) is 0.443. The Morgan fingerprint density at radius 1 is 1.00 bits per heavy atom. The topological polar surface area (TPSA) is 88.0 Å². The van der Waals surface area contributed by atoms with E-state index in [9.17, 15) is 18.8 Å². The van der Waals surface area contributed by atoms with Gasteiger partial charge in [0.05, 0.1) is 19.1 Å². The van der Waals surface area contributed by atoms with Crippen LogP contribution in [0.3, 0.4) is 0 Å². The zero-order chi connectivity index (χ0) is 30.0. The maximum atomic E-state index is 15.0. The maximum absolute atomic E-state index is 15.0. The first-order valence-electron chi connectivity index (χ1n) is 13.8. The Labute approximate surface area is 247 Å². The molecule has 2 amide bonds. The Balaban J connectivity index is 1.41. The van der Waals surface area contributed by atoms with Crippen LogP contribution >= 0.6 is 11.6 Å². The van der Waals surface area contributed by atoms with Crippen molar-refractivity contribution in [2.45, 2.75) is 24.8 Å². The van der Waals surface area contributed by atoms with Crippen molar-refractivity contribution in [2.75, 3.05) is 44.7 Å². The molecule has 0 unspecified atom stereocenters. The van der Waals surface area contributed by atoms with Crippen molar-refractivity contribution in [3.8, 4) is 0 Å². The first kappa shape index (κ1) is 29.5. The van der Waals surface area contributed by atoms with Gasteiger partial charge >= 0.3 is 6.09 Å². The van der Waals surface area contributed by atoms with Crippen LogP contribution in [0.1, 0.15) is 35.9 Å². The zero-order valence-corrected chi connectivity index (χ0v) is 24.1. The second-order valence-electron chi connectivity index (χ2n) is 10.6. The Bertz CT molecular complexity index is 1520. The highest BCUT2D eigenvalue weighted by atomic mass is 35.5. The molecule has 2 aliphatic rings. The number of halogens is 3. The number of methoxy groups -OCH3 is 1. The molecule has 0 bridgehead atoms. The largest absolute Gasteiger partial charge is 0.453 e. The number of amides is 2. The van der Waals surface area contributed by atoms with E-state index in [0.717, 1.165) is 11.6 Å². The van der Waals surface area contributed by atoms with Crippen LogP contribution in [0.25, 0.3) is 0 Å². The third-order valence-electron chi connectivity index (χ3n) is 8.14. The van der Waals surface area contributed by atoms with Gasteiger partial charge in [0.15, 0.2) is 0 Å². The highest BCUT2D eigenvalue weighted by Gasteiger charge is 2.42. The first-order chi connectivity index (χ1) is 20.2. The maximum Gasteiger partial charge on any atom is 0.410 e. The summed E-state index contributed by atoms with van der Waals surface area (Å²) >= 11 is 6.07. The number of nitrogens with zero attached hydrogens (tertiary/aromatic N) is 5. The molecule has 2 aliphatic heterocycles. The van der Waals surface area contributed by atoms with Gasteiger partial charge in [-0.15, -0.1) is 0 Å². The van der Waals surface area contributed by atoms with Crippen molar-refractivity contribution in [2.24, 2.45) is 13.0 Å². The van der Waals surface area contributed by atoms with Gasteiger partial charge in [-0.1, -0.05) is 29.8 Å². The van der Waals surface area contributed by atoms with E-state index in [2.05, 4.69) is 5.10 Å². The molecule has 3 heterocycles. The Kier molecular flexibility index (Phi) is 8.77. The molecule has 0 aliphatic carbocycles. The number of benzene rings is 2. The number of anilines is 1. The third-order valence-corrected chi connectivity index (χ3v) is 8.39. The molecule has 0 N–H and O–H groups in total. The molecule has 222 valence electrons. The summed E-state index contributed by atoms with van der Waals surface area (Å²) < 4.78 is 35.1. The first-order valence-corrected chi connectivity index (χ1v) is 14.2. The second-order valence-corrected chi connectivity index (χ2v) is 11.1. The summed E-state index contributed by atoms with van der Waals surface area (Å²) in [6.45, 7) is 1.43. The minimum Gasteiger partial charge on any atom is -0.453 e. The Morgan fingerprint density at radius 3 is 2.45 bits per heavy atom. The van der Waals surface area contributed by atoms with Gasteiger partial charge in [-0.05, 0) is 48.2 Å². The van der Waals surface area contributed by atoms with Gasteiger partial charge < -0.3 is 14.5 Å². The van der Waals surface area contributed by atoms with Crippen LogP contribution in [-0.4, -0.2) is 71.4 Å². The summed E-state index contributed by atoms with van der Waals surface area (Å²) in [6.07, 6.45) is 0.708. The van der Waals surface area contributed by atoms with Crippen molar-refractivity contribution in [1.82, 2.24) is 19.6 Å². The molecule has 2 saturated heterocycles. The lowest BCUT2D eigenvalue weighted by molar-refractivity contribution is -0.136. The summed E-state index contributed by atoms with van der Waals surface area (Å²) in [5, 5.41) is 4.91. The van der Waals surface area contributed by atoms with Gasteiger partial charge in [0.2, 0.25) is 5.91 Å². The molecule has 2 fully saturated rings. The molecule has 9 nitrogen and oxygen atoms in total. The predicted molar refractivity (Wildman–Crippen MR) is 153 cm³/mol. The second kappa shape index (κ2) is 12.5. The van der Waals surface area contributed by atoms with E-state index < -0.39 is 29.6 Å². The van der Waals surface area contributed by atoms with Gasteiger partial charge in [-0.2, -0.15) is 5.10 Å². The summed E-state index contributed by atoms with van der Waals surface area (Å²) in [6, 6.07) is 13.4. The van der Waals surface area contributed by atoms with Crippen LogP contribution in [0.15, 0.2) is 59.4 Å². The van der Waals surface area contributed by atoms with Crippen LogP contribution in [-0.2, 0) is 16.6 Å². The minimum absolute atomic E-state index is 0.189. The molecule has 3 atom stereocenters. The van der Waals surface area contributed by atoms with Gasteiger partial charge in [0.25, 0.3) is 5.56 Å². The van der Waals surface area contributed by atoms with Crippen molar-refractivity contribution >= 4 is 29.4 Å². The fourth-order valence-corrected chi connectivity index (χ4v) is 6.09. The minimum atomic E-state index is -0.719. The van der Waals surface area contributed by atoms with E-state index in [-0.39, 0.29) is 49.3 Å². The zero-order valence-electron chi connectivity index (χ0n) is 23.4. The van der Waals surface area contributed by atoms with E-state index >= 15 is 4.39 Å². The van der Waals surface area contributed by atoms with Crippen molar-refractivity contribution in [3.63, 3.8) is 0 Å². The standard InChI is InChI=1S/C30H32ClF2N5O4/c1-35-28(39)12-11-27(34-35)37-17-23(22-10-9-21(32)16-25(22)33)24(18-37)29(40)36-13-3-4-26(19-5-7-20(31)8-6-19)38(15-14-36)30(41)42-2/h5-12,16,23-24,26H,3-4,13-15,17-18H2,1-2H3/t23-,24+,26+/m0/s1. The average Bonchev–Trinajstić information content (AvgIpc) is 3.40. The van der Waals surface area contributed by atoms with E-state index in [1.165, 1.54) is 37.0 Å². The van der Waals surface area contributed by atoms with Gasteiger partial charge in [-0.3, -0.25) is 14.5 Å². The lowest BCUT2D eigenvalue weighted by Gasteiger charge is -2.37. The summed E-state index contributed by atoms with van der Waals surface area (Å²) in [7, 11) is 2.86. The lowest BCUT2D eigenvalue weighted by Crippen LogP contribution is -2.47. The number of ether oxygens (including phenoxy) is 1. The number of hydrogen-bond donors (Lipinski definition) is 0. The number of hydrogen-bond acceptors (Lipinski definition) is 6.